The molecule has 1 heterocycles. The van der Waals surface area contributed by atoms with Crippen LogP contribution < -0.4 is 0 Å². The van der Waals surface area contributed by atoms with Gasteiger partial charge in [0.1, 0.15) is 0 Å². The molecule has 0 saturated carbocycles. The van der Waals surface area contributed by atoms with Crippen molar-refractivity contribution in [2.24, 2.45) is 0 Å². The Morgan fingerprint density at radius 1 is 1.21 bits per heavy atom. The Morgan fingerprint density at radius 3 is 2.42 bits per heavy atom. The number of aryl methyl sites for hydroxylation is 2. The summed E-state index contributed by atoms with van der Waals surface area (Å²) in [7, 11) is 1.86. The van der Waals surface area contributed by atoms with E-state index in [2.05, 4.69) is 25.3 Å². The fraction of sp³-hybridized carbons (Fsp3) is 0.312. The van der Waals surface area contributed by atoms with Crippen LogP contribution in [0.4, 0.5) is 0 Å². The summed E-state index contributed by atoms with van der Waals surface area (Å²) < 4.78 is 0. The van der Waals surface area contributed by atoms with Crippen molar-refractivity contribution in [3.05, 3.63) is 57.3 Å². The van der Waals surface area contributed by atoms with Crippen LogP contribution in [0, 0.1) is 6.92 Å². The third kappa shape index (κ3) is 3.24. The summed E-state index contributed by atoms with van der Waals surface area (Å²) in [6.45, 7) is 4.88. The van der Waals surface area contributed by atoms with Crippen molar-refractivity contribution in [3.63, 3.8) is 0 Å². The van der Waals surface area contributed by atoms with Crippen LogP contribution in [0.5, 0.6) is 0 Å². The van der Waals surface area contributed by atoms with Crippen LogP contribution in [0.25, 0.3) is 0 Å². The van der Waals surface area contributed by atoms with Crippen LogP contribution in [-0.2, 0) is 13.0 Å². The second-order valence-electron chi connectivity index (χ2n) is 4.74. The Bertz CT molecular complexity index is 556. The van der Waals surface area contributed by atoms with E-state index in [9.17, 15) is 4.79 Å². The number of benzene rings is 1. The van der Waals surface area contributed by atoms with Gasteiger partial charge in [0.2, 0.25) is 0 Å². The molecule has 0 fully saturated rings. The third-order valence-corrected chi connectivity index (χ3v) is 4.31. The zero-order chi connectivity index (χ0) is 13.8. The molecule has 0 atom stereocenters. The van der Waals surface area contributed by atoms with Crippen molar-refractivity contribution in [2.75, 3.05) is 7.05 Å². The lowest BCUT2D eigenvalue weighted by Crippen LogP contribution is -2.26. The van der Waals surface area contributed by atoms with E-state index in [1.165, 1.54) is 16.0 Å². The number of amides is 1. The molecule has 0 spiro atoms. The van der Waals surface area contributed by atoms with Crippen molar-refractivity contribution < 1.29 is 4.79 Å². The fourth-order valence-corrected chi connectivity index (χ4v) is 2.92. The van der Waals surface area contributed by atoms with E-state index >= 15 is 0 Å². The van der Waals surface area contributed by atoms with Gasteiger partial charge in [-0.2, -0.15) is 0 Å². The Morgan fingerprint density at radius 2 is 1.89 bits per heavy atom. The van der Waals surface area contributed by atoms with Gasteiger partial charge in [0.15, 0.2) is 0 Å². The summed E-state index contributed by atoms with van der Waals surface area (Å²) in [4.78, 5) is 15.3. The normalized spacial score (nSPS) is 10.5. The van der Waals surface area contributed by atoms with Gasteiger partial charge in [-0.1, -0.05) is 19.1 Å². The van der Waals surface area contributed by atoms with Crippen LogP contribution in [0.15, 0.2) is 35.7 Å². The predicted octanol–water partition coefficient (Wildman–Crippen LogP) is 3.89. The molecule has 0 aliphatic rings. The average Bonchev–Trinajstić information content (AvgIpc) is 2.83. The number of rotatable bonds is 4. The molecule has 0 aliphatic carbocycles. The molecule has 0 aliphatic heterocycles. The first-order valence-corrected chi connectivity index (χ1v) is 7.37. The molecule has 0 bridgehead atoms. The summed E-state index contributed by atoms with van der Waals surface area (Å²) in [5, 5.41) is 2.07. The third-order valence-electron chi connectivity index (χ3n) is 3.30. The number of carbonyl (C=O) groups excluding carboxylic acids is 1. The minimum absolute atomic E-state index is 0.0791. The van der Waals surface area contributed by atoms with Crippen LogP contribution in [0.2, 0.25) is 0 Å². The molecule has 1 aromatic heterocycles. The fourth-order valence-electron chi connectivity index (χ4n) is 1.96. The van der Waals surface area contributed by atoms with Crippen molar-refractivity contribution >= 4 is 17.2 Å². The van der Waals surface area contributed by atoms with Gasteiger partial charge in [0.05, 0.1) is 6.54 Å². The maximum absolute atomic E-state index is 12.3. The van der Waals surface area contributed by atoms with Crippen LogP contribution in [-0.4, -0.2) is 17.9 Å². The smallest absolute Gasteiger partial charge is 0.253 e. The Kier molecular flexibility index (Phi) is 4.38. The second kappa shape index (κ2) is 6.02. The van der Waals surface area contributed by atoms with Crippen molar-refractivity contribution in [1.29, 1.82) is 0 Å². The van der Waals surface area contributed by atoms with Crippen molar-refractivity contribution in [3.8, 4) is 0 Å². The molecule has 1 amide bonds. The van der Waals surface area contributed by atoms with Crippen LogP contribution in [0.3, 0.4) is 0 Å². The molecular weight excluding hydrogens is 254 g/mol. The van der Waals surface area contributed by atoms with Crippen molar-refractivity contribution in [2.45, 2.75) is 26.8 Å². The second-order valence-corrected chi connectivity index (χ2v) is 5.74. The molecule has 0 radical (unpaired) electrons. The molecule has 0 saturated heterocycles. The van der Waals surface area contributed by atoms with Gasteiger partial charge in [-0.25, -0.2) is 0 Å². The highest BCUT2D eigenvalue weighted by Crippen LogP contribution is 2.18. The lowest BCUT2D eigenvalue weighted by molar-refractivity contribution is 0.0786. The molecule has 0 N–H and O–H groups in total. The van der Waals surface area contributed by atoms with Gasteiger partial charge in [0, 0.05) is 17.5 Å². The first-order valence-electron chi connectivity index (χ1n) is 6.49. The highest BCUT2D eigenvalue weighted by Gasteiger charge is 2.13. The average molecular weight is 273 g/mol. The lowest BCUT2D eigenvalue weighted by Gasteiger charge is -2.17. The maximum atomic E-state index is 12.3. The van der Waals surface area contributed by atoms with E-state index in [1.54, 1.807) is 16.2 Å². The number of thiophene rings is 1. The van der Waals surface area contributed by atoms with Gasteiger partial charge in [-0.05, 0) is 48.1 Å². The Hall–Kier alpha value is -1.61. The van der Waals surface area contributed by atoms with Gasteiger partial charge < -0.3 is 4.90 Å². The lowest BCUT2D eigenvalue weighted by atomic mass is 10.1. The number of carbonyl (C=O) groups is 1. The minimum atomic E-state index is 0.0791. The number of hydrogen-bond acceptors (Lipinski definition) is 2. The van der Waals surface area contributed by atoms with Crippen LogP contribution >= 0.6 is 11.3 Å². The Balaban J connectivity index is 2.08. The molecule has 2 rings (SSSR count). The summed E-state index contributed by atoms with van der Waals surface area (Å²) in [5.41, 5.74) is 3.27. The topological polar surface area (TPSA) is 20.3 Å². The van der Waals surface area contributed by atoms with Gasteiger partial charge in [0.25, 0.3) is 5.91 Å². The van der Waals surface area contributed by atoms with E-state index in [0.717, 1.165) is 12.0 Å². The summed E-state index contributed by atoms with van der Waals surface area (Å²) in [6, 6.07) is 9.97. The summed E-state index contributed by atoms with van der Waals surface area (Å²) in [6.07, 6.45) is 0.999. The van der Waals surface area contributed by atoms with Gasteiger partial charge in [-0.3, -0.25) is 4.79 Å². The zero-order valence-corrected chi connectivity index (χ0v) is 12.5. The number of hydrogen-bond donors (Lipinski definition) is 0. The monoisotopic (exact) mass is 273 g/mol. The molecule has 0 unspecified atom stereocenters. The Labute approximate surface area is 118 Å². The summed E-state index contributed by atoms with van der Waals surface area (Å²) in [5.74, 6) is 0.0791. The number of nitrogens with zero attached hydrogens (tertiary/aromatic N) is 1. The molecule has 3 heteroatoms. The molecule has 2 nitrogen and oxygen atoms in total. The predicted molar refractivity (Wildman–Crippen MR) is 80.7 cm³/mol. The summed E-state index contributed by atoms with van der Waals surface area (Å²) >= 11 is 1.70. The SMILES string of the molecule is CCc1ccc(C(=O)N(C)Cc2sccc2C)cc1. The van der Waals surface area contributed by atoms with Crippen LogP contribution in [0.1, 0.15) is 33.3 Å². The first-order chi connectivity index (χ1) is 9.11. The first kappa shape index (κ1) is 13.8. The molecule has 1 aromatic carbocycles. The molecule has 2 aromatic rings. The quantitative estimate of drug-likeness (QED) is 0.827. The molecule has 19 heavy (non-hydrogen) atoms. The largest absolute Gasteiger partial charge is 0.337 e. The zero-order valence-electron chi connectivity index (χ0n) is 11.6. The van der Waals surface area contributed by atoms with Crippen molar-refractivity contribution in [1.82, 2.24) is 4.90 Å². The van der Waals surface area contributed by atoms with E-state index in [4.69, 9.17) is 0 Å². The highest BCUT2D eigenvalue weighted by atomic mass is 32.1. The van der Waals surface area contributed by atoms with Gasteiger partial charge in [-0.15, -0.1) is 11.3 Å². The van der Waals surface area contributed by atoms with E-state index in [-0.39, 0.29) is 5.91 Å². The standard InChI is InChI=1S/C16H19NOS/c1-4-13-5-7-14(8-6-13)16(18)17(3)11-15-12(2)9-10-19-15/h5-10H,4,11H2,1-3H3. The molecular formula is C16H19NOS. The minimum Gasteiger partial charge on any atom is -0.337 e. The van der Waals surface area contributed by atoms with E-state index in [0.29, 0.717) is 6.54 Å². The van der Waals surface area contributed by atoms with E-state index in [1.807, 2.05) is 31.3 Å². The maximum Gasteiger partial charge on any atom is 0.253 e. The highest BCUT2D eigenvalue weighted by molar-refractivity contribution is 7.10. The van der Waals surface area contributed by atoms with Gasteiger partial charge >= 0.3 is 0 Å². The van der Waals surface area contributed by atoms with E-state index < -0.39 is 0 Å². The molecule has 100 valence electrons.